The number of ether oxygens (including phenoxy) is 9. The van der Waals surface area contributed by atoms with Crippen molar-refractivity contribution >= 4 is 0 Å². The van der Waals surface area contributed by atoms with Crippen LogP contribution in [0.15, 0.2) is 217 Å². The fourth-order valence-corrected chi connectivity index (χ4v) is 9.39. The third-order valence-electron chi connectivity index (χ3n) is 13.2. The quantitative estimate of drug-likeness (QED) is 0.0333. The van der Waals surface area contributed by atoms with Gasteiger partial charge < -0.3 is 47.7 Å². The van der Waals surface area contributed by atoms with Gasteiger partial charge in [-0.3, -0.25) is 0 Å². The van der Waals surface area contributed by atoms with E-state index in [1.165, 1.54) is 0 Å². The third kappa shape index (κ3) is 14.6. The van der Waals surface area contributed by atoms with Gasteiger partial charge in [0.05, 0.1) is 52.9 Å². The second-order valence-electron chi connectivity index (χ2n) is 18.4. The normalized spacial score (nSPS) is 24.7. The van der Waals surface area contributed by atoms with E-state index < -0.39 is 67.3 Å². The molecule has 1 aliphatic carbocycles. The summed E-state index contributed by atoms with van der Waals surface area (Å²) in [5.41, 5.74) is 16.8. The number of aliphatic hydroxyl groups excluding tert-OH is 1. The lowest BCUT2D eigenvalue weighted by Gasteiger charge is -2.51. The molecule has 1 saturated carbocycles. The predicted molar refractivity (Wildman–Crippen MR) is 279 cm³/mol. The molecule has 74 heavy (non-hydrogen) atoms. The summed E-state index contributed by atoms with van der Waals surface area (Å²) in [6, 6.07) is 67.4. The van der Waals surface area contributed by atoms with E-state index >= 15 is 0 Å². The molecular weight excluding hydrogens is 935 g/mol. The number of azide groups is 1. The molecule has 0 aromatic heterocycles. The maximum absolute atomic E-state index is 13.1. The minimum Gasteiger partial charge on any atom is -0.387 e. The summed E-state index contributed by atoms with van der Waals surface area (Å²) in [6.45, 7) is 1.31. The largest absolute Gasteiger partial charge is 0.387 e. The van der Waals surface area contributed by atoms with Crippen LogP contribution in [-0.2, 0) is 88.9 Å². The first-order chi connectivity index (χ1) is 36.6. The topological polar surface area (TPSA) is 152 Å². The van der Waals surface area contributed by atoms with Crippen molar-refractivity contribution < 1.29 is 47.7 Å². The van der Waals surface area contributed by atoms with Crippen molar-refractivity contribution in [1.29, 1.82) is 0 Å². The molecule has 7 aromatic carbocycles. The Morgan fingerprint density at radius 3 is 1.04 bits per heavy atom. The van der Waals surface area contributed by atoms with Gasteiger partial charge in [0.25, 0.3) is 0 Å². The minimum absolute atomic E-state index is 0.0462. The molecule has 382 valence electrons. The van der Waals surface area contributed by atoms with Crippen molar-refractivity contribution in [3.8, 4) is 0 Å². The first kappa shape index (κ1) is 52.3. The number of rotatable bonds is 25. The fourth-order valence-electron chi connectivity index (χ4n) is 9.39. The van der Waals surface area contributed by atoms with Crippen LogP contribution in [0, 0.1) is 0 Å². The lowest BCUT2D eigenvalue weighted by Crippen LogP contribution is -2.69. The van der Waals surface area contributed by atoms with Gasteiger partial charge in [-0.05, 0) is 44.5 Å². The van der Waals surface area contributed by atoms with Gasteiger partial charge in [0.1, 0.15) is 61.0 Å². The van der Waals surface area contributed by atoms with Gasteiger partial charge in [0.15, 0.2) is 6.29 Å². The molecule has 1 aliphatic heterocycles. The molecule has 1 N–H and O–H groups in total. The molecule has 0 amide bonds. The number of aliphatic hydroxyl groups is 1. The average molecular weight is 998 g/mol. The van der Waals surface area contributed by atoms with Crippen LogP contribution < -0.4 is 0 Å². The highest BCUT2D eigenvalue weighted by Gasteiger charge is 2.57. The first-order valence-corrected chi connectivity index (χ1v) is 25.2. The van der Waals surface area contributed by atoms with Crippen LogP contribution in [-0.4, -0.2) is 79.0 Å². The average Bonchev–Trinajstić information content (AvgIpc) is 3.46. The van der Waals surface area contributed by atoms with E-state index in [1.54, 1.807) is 0 Å². The van der Waals surface area contributed by atoms with Crippen LogP contribution in [0.3, 0.4) is 0 Å². The summed E-state index contributed by atoms with van der Waals surface area (Å²) in [5.74, 6) is 0. The first-order valence-electron chi connectivity index (χ1n) is 25.2. The van der Waals surface area contributed by atoms with Gasteiger partial charge in [-0.15, -0.1) is 0 Å². The van der Waals surface area contributed by atoms with E-state index in [0.29, 0.717) is 0 Å². The SMILES string of the molecule is [N-]=[N+]=N[C@H]1[C@@H](O[C@H]2[C@@H](O)[C@H](OCc3ccccc3)[C@H](OCc3ccccc3)[C@@H](OCc3ccccc3)[C@@H]2OCc2ccccc2)O[C@H](COCc2ccccc2)[C@@H](OCc2ccccc2)[C@@H]1OCc1ccccc1. The highest BCUT2D eigenvalue weighted by molar-refractivity contribution is 5.20. The predicted octanol–water partition coefficient (Wildman–Crippen LogP) is 10.9. The molecule has 0 bridgehead atoms. The molecule has 2 aliphatic rings. The Morgan fingerprint density at radius 1 is 0.378 bits per heavy atom. The minimum atomic E-state index is -1.42. The van der Waals surface area contributed by atoms with Crippen molar-refractivity contribution in [3.05, 3.63) is 262 Å². The van der Waals surface area contributed by atoms with Gasteiger partial charge >= 0.3 is 0 Å². The monoisotopic (exact) mass is 997 g/mol. The summed E-state index contributed by atoms with van der Waals surface area (Å²) >= 11 is 0. The second-order valence-corrected chi connectivity index (χ2v) is 18.4. The summed E-state index contributed by atoms with van der Waals surface area (Å²) in [7, 11) is 0. The fraction of sp³-hybridized carbons (Fsp3) is 0.311. The number of benzene rings is 7. The molecule has 1 saturated heterocycles. The third-order valence-corrected chi connectivity index (χ3v) is 13.2. The number of nitrogens with zero attached hydrogens (tertiary/aromatic N) is 3. The van der Waals surface area contributed by atoms with Gasteiger partial charge in [-0.25, -0.2) is 0 Å². The molecule has 13 nitrogen and oxygen atoms in total. The molecule has 11 atom stereocenters. The lowest BCUT2D eigenvalue weighted by atomic mass is 9.83. The summed E-state index contributed by atoms with van der Waals surface area (Å²) in [4.78, 5) is 3.36. The van der Waals surface area contributed by atoms with Crippen molar-refractivity contribution in [2.45, 2.75) is 114 Å². The standard InChI is InChI=1S/C61H63N3O10/c62-64-63-52-55(68-38-46-26-12-3-13-27-46)54(67-37-45-24-10-2-11-25-45)51(43-66-36-44-22-8-1-9-23-44)73-61(52)74-57-53(65)56(69-39-47-28-14-4-15-29-47)58(70-40-48-30-16-5-17-31-48)60(72-42-50-34-20-7-21-35-50)59(57)71-41-49-32-18-6-19-33-49/h1-35,51-61,65H,36-43H2/t51-,52-,53+,54-,55-,56+,57+,58+,59-,60-,61-/m1/s1. The highest BCUT2D eigenvalue weighted by Crippen LogP contribution is 2.38. The van der Waals surface area contributed by atoms with E-state index in [0.717, 1.165) is 38.9 Å². The molecule has 9 rings (SSSR count). The number of hydrogen-bond acceptors (Lipinski definition) is 11. The van der Waals surface area contributed by atoms with E-state index in [-0.39, 0.29) is 52.9 Å². The van der Waals surface area contributed by atoms with E-state index in [4.69, 9.17) is 42.6 Å². The van der Waals surface area contributed by atoms with Crippen molar-refractivity contribution in [3.63, 3.8) is 0 Å². The van der Waals surface area contributed by atoms with E-state index in [1.807, 2.05) is 212 Å². The van der Waals surface area contributed by atoms with Gasteiger partial charge in [0, 0.05) is 4.91 Å². The Morgan fingerprint density at radius 2 is 0.676 bits per heavy atom. The molecule has 1 heterocycles. The van der Waals surface area contributed by atoms with Crippen LogP contribution in [0.25, 0.3) is 10.4 Å². The van der Waals surface area contributed by atoms with Crippen molar-refractivity contribution in [1.82, 2.24) is 0 Å². The zero-order chi connectivity index (χ0) is 50.6. The van der Waals surface area contributed by atoms with Crippen LogP contribution in [0.5, 0.6) is 0 Å². The number of hydrogen-bond donors (Lipinski definition) is 1. The zero-order valence-corrected chi connectivity index (χ0v) is 41.2. The summed E-state index contributed by atoms with van der Waals surface area (Å²) < 4.78 is 62.0. The van der Waals surface area contributed by atoms with Crippen LogP contribution in [0.1, 0.15) is 38.9 Å². The summed E-state index contributed by atoms with van der Waals surface area (Å²) in [5, 5.41) is 17.5. The maximum Gasteiger partial charge on any atom is 0.169 e. The maximum atomic E-state index is 13.1. The van der Waals surface area contributed by atoms with Crippen molar-refractivity contribution in [2.24, 2.45) is 5.11 Å². The molecule has 7 aromatic rings. The van der Waals surface area contributed by atoms with Crippen molar-refractivity contribution in [2.75, 3.05) is 6.61 Å². The van der Waals surface area contributed by atoms with Gasteiger partial charge in [-0.1, -0.05) is 217 Å². The molecule has 0 radical (unpaired) electrons. The van der Waals surface area contributed by atoms with E-state index in [2.05, 4.69) is 10.0 Å². The van der Waals surface area contributed by atoms with E-state index in [9.17, 15) is 10.6 Å². The molecular formula is C61H63N3O10. The summed E-state index contributed by atoms with van der Waals surface area (Å²) in [6.07, 6.45) is -10.5. The highest BCUT2D eigenvalue weighted by atomic mass is 16.7. The molecule has 13 heteroatoms. The Kier molecular flexibility index (Phi) is 19.6. The van der Waals surface area contributed by atoms with Gasteiger partial charge in [0.2, 0.25) is 0 Å². The Balaban J connectivity index is 1.11. The smallest absolute Gasteiger partial charge is 0.169 e. The molecule has 2 fully saturated rings. The second kappa shape index (κ2) is 27.7. The molecule has 0 unspecified atom stereocenters. The zero-order valence-electron chi connectivity index (χ0n) is 41.2. The Bertz CT molecular complexity index is 2710. The Labute approximate surface area is 433 Å². The van der Waals surface area contributed by atoms with Crippen LogP contribution in [0.4, 0.5) is 0 Å². The van der Waals surface area contributed by atoms with Crippen LogP contribution >= 0.6 is 0 Å². The van der Waals surface area contributed by atoms with Crippen LogP contribution in [0.2, 0.25) is 0 Å². The van der Waals surface area contributed by atoms with Gasteiger partial charge in [-0.2, -0.15) is 0 Å². The lowest BCUT2D eigenvalue weighted by molar-refractivity contribution is -0.338. The molecule has 0 spiro atoms. The Hall–Kier alpha value is -6.55.